The molecule has 1 heterocycles. The Labute approximate surface area is 131 Å². The molecule has 1 aliphatic carbocycles. The molecular weight excluding hydrogens is 307 g/mol. The standard InChI is InChI=1S/C15H19FN2O3S/c1-22(20)9-21-11-6-5-10(16)13-12(11)15(18-14(19)17-13)7-3-2-4-8-15/h5-6H,2-4,7-9H2,1H3,(H2,17,18,19). The zero-order chi connectivity index (χ0) is 15.7. The minimum absolute atomic E-state index is 0.0437. The zero-order valence-corrected chi connectivity index (χ0v) is 13.2. The summed E-state index contributed by atoms with van der Waals surface area (Å²) in [6.07, 6.45) is 6.09. The fraction of sp³-hybridized carbons (Fsp3) is 0.533. The molecule has 1 fully saturated rings. The van der Waals surface area contributed by atoms with Gasteiger partial charge in [-0.2, -0.15) is 0 Å². The number of benzene rings is 1. The summed E-state index contributed by atoms with van der Waals surface area (Å²) in [5.41, 5.74) is 0.241. The van der Waals surface area contributed by atoms with Crippen molar-refractivity contribution < 1.29 is 18.5 Å². The molecule has 22 heavy (non-hydrogen) atoms. The van der Waals surface area contributed by atoms with Crippen molar-refractivity contribution in [3.05, 3.63) is 23.5 Å². The van der Waals surface area contributed by atoms with Crippen molar-refractivity contribution in [3.8, 4) is 5.75 Å². The Hall–Kier alpha value is -1.47. The predicted octanol–water partition coefficient (Wildman–Crippen LogP) is 2.83. The topological polar surface area (TPSA) is 73.4 Å². The highest BCUT2D eigenvalue weighted by Crippen LogP contribution is 2.47. The van der Waals surface area contributed by atoms with Gasteiger partial charge in [-0.05, 0) is 36.2 Å². The van der Waals surface area contributed by atoms with E-state index in [9.17, 15) is 13.7 Å². The Morgan fingerprint density at radius 3 is 2.77 bits per heavy atom. The lowest BCUT2D eigenvalue weighted by Gasteiger charge is -2.43. The van der Waals surface area contributed by atoms with Crippen LogP contribution >= 0.6 is 0 Å². The number of hydrogen-bond donors (Lipinski definition) is 2. The number of urea groups is 1. The third kappa shape index (κ3) is 2.75. The van der Waals surface area contributed by atoms with Gasteiger partial charge in [0.25, 0.3) is 0 Å². The minimum atomic E-state index is -1.12. The van der Waals surface area contributed by atoms with Crippen molar-refractivity contribution in [1.29, 1.82) is 0 Å². The van der Waals surface area contributed by atoms with Gasteiger partial charge in [-0.15, -0.1) is 0 Å². The number of ether oxygens (including phenoxy) is 1. The molecule has 1 aromatic rings. The SMILES string of the molecule is C[S+]([O-])COc1ccc(F)c2c1C1(CCCCC1)NC(=O)N2. The second-order valence-electron chi connectivity index (χ2n) is 5.85. The average molecular weight is 326 g/mol. The maximum absolute atomic E-state index is 14.2. The van der Waals surface area contributed by atoms with E-state index in [4.69, 9.17) is 4.74 Å². The van der Waals surface area contributed by atoms with Crippen LogP contribution in [-0.4, -0.2) is 22.8 Å². The first-order valence-electron chi connectivity index (χ1n) is 7.37. The summed E-state index contributed by atoms with van der Waals surface area (Å²) < 4.78 is 31.1. The molecule has 1 saturated carbocycles. The van der Waals surface area contributed by atoms with Crippen LogP contribution in [0.15, 0.2) is 12.1 Å². The molecule has 1 unspecified atom stereocenters. The number of anilines is 1. The summed E-state index contributed by atoms with van der Waals surface area (Å²) in [6, 6.07) is 2.44. The molecule has 5 nitrogen and oxygen atoms in total. The Morgan fingerprint density at radius 2 is 2.09 bits per heavy atom. The molecule has 1 aromatic carbocycles. The number of rotatable bonds is 3. The molecule has 1 atom stereocenters. The molecule has 0 saturated heterocycles. The van der Waals surface area contributed by atoms with E-state index in [0.29, 0.717) is 11.3 Å². The largest absolute Gasteiger partial charge is 0.614 e. The van der Waals surface area contributed by atoms with Crippen molar-refractivity contribution in [2.24, 2.45) is 0 Å². The summed E-state index contributed by atoms with van der Waals surface area (Å²) in [6.45, 7) is 0. The molecular formula is C15H19FN2O3S. The average Bonchev–Trinajstić information content (AvgIpc) is 2.47. The van der Waals surface area contributed by atoms with Gasteiger partial charge in [0.1, 0.15) is 11.6 Å². The summed E-state index contributed by atoms with van der Waals surface area (Å²) in [5.74, 6) is 0.0584. The van der Waals surface area contributed by atoms with Gasteiger partial charge in [-0.1, -0.05) is 19.3 Å². The minimum Gasteiger partial charge on any atom is -0.614 e. The van der Waals surface area contributed by atoms with E-state index in [-0.39, 0.29) is 17.7 Å². The quantitative estimate of drug-likeness (QED) is 0.839. The van der Waals surface area contributed by atoms with Gasteiger partial charge in [0.2, 0.25) is 5.94 Å². The lowest BCUT2D eigenvalue weighted by molar-refractivity contribution is 0.204. The predicted molar refractivity (Wildman–Crippen MR) is 82.9 cm³/mol. The van der Waals surface area contributed by atoms with Crippen LogP contribution < -0.4 is 15.4 Å². The van der Waals surface area contributed by atoms with Crippen LogP contribution in [-0.2, 0) is 16.7 Å². The number of amides is 2. The number of fused-ring (bicyclic) bond motifs is 2. The van der Waals surface area contributed by atoms with E-state index in [2.05, 4.69) is 10.6 Å². The number of hydrogen-bond acceptors (Lipinski definition) is 3. The number of halogens is 1. The molecule has 120 valence electrons. The maximum Gasteiger partial charge on any atom is 0.320 e. The molecule has 0 bridgehead atoms. The molecule has 7 heteroatoms. The van der Waals surface area contributed by atoms with Gasteiger partial charge in [-0.25, -0.2) is 9.18 Å². The van der Waals surface area contributed by atoms with E-state index >= 15 is 0 Å². The van der Waals surface area contributed by atoms with Gasteiger partial charge in [-0.3, -0.25) is 0 Å². The number of carbonyl (C=O) groups excluding carboxylic acids is 1. The second kappa shape index (κ2) is 5.96. The lowest BCUT2D eigenvalue weighted by atomic mass is 9.74. The van der Waals surface area contributed by atoms with E-state index in [1.165, 1.54) is 6.07 Å². The van der Waals surface area contributed by atoms with E-state index in [1.54, 1.807) is 12.3 Å². The normalized spacial score (nSPS) is 20.8. The second-order valence-corrected chi connectivity index (χ2v) is 7.23. The molecule has 0 radical (unpaired) electrons. The Morgan fingerprint density at radius 1 is 1.36 bits per heavy atom. The van der Waals surface area contributed by atoms with Crippen molar-refractivity contribution in [3.63, 3.8) is 0 Å². The number of carbonyl (C=O) groups is 1. The zero-order valence-electron chi connectivity index (χ0n) is 12.4. The van der Waals surface area contributed by atoms with Crippen molar-refractivity contribution in [2.75, 3.05) is 17.5 Å². The molecule has 0 aromatic heterocycles. The van der Waals surface area contributed by atoms with E-state index < -0.39 is 22.5 Å². The van der Waals surface area contributed by atoms with Gasteiger partial charge in [0.05, 0.1) is 17.5 Å². The van der Waals surface area contributed by atoms with Crippen LogP contribution in [0.5, 0.6) is 5.75 Å². The van der Waals surface area contributed by atoms with Crippen LogP contribution in [0.3, 0.4) is 0 Å². The molecule has 1 spiro atoms. The monoisotopic (exact) mass is 326 g/mol. The van der Waals surface area contributed by atoms with Crippen molar-refractivity contribution in [2.45, 2.75) is 37.6 Å². The maximum atomic E-state index is 14.2. The Kier molecular flexibility index (Phi) is 4.18. The van der Waals surface area contributed by atoms with E-state index in [0.717, 1.165) is 32.1 Å². The first kappa shape index (κ1) is 15.4. The first-order valence-corrected chi connectivity index (χ1v) is 9.09. The van der Waals surface area contributed by atoms with Crippen LogP contribution in [0, 0.1) is 5.82 Å². The highest BCUT2D eigenvalue weighted by atomic mass is 32.2. The Balaban J connectivity index is 2.08. The van der Waals surface area contributed by atoms with Crippen LogP contribution in [0.25, 0.3) is 0 Å². The molecule has 2 aliphatic rings. The van der Waals surface area contributed by atoms with Crippen LogP contribution in [0.2, 0.25) is 0 Å². The third-order valence-corrected chi connectivity index (χ3v) is 4.72. The van der Waals surface area contributed by atoms with Gasteiger partial charge in [0, 0.05) is 5.56 Å². The van der Waals surface area contributed by atoms with Gasteiger partial charge in [0.15, 0.2) is 0 Å². The summed E-state index contributed by atoms with van der Waals surface area (Å²) in [5, 5.41) is 5.52. The summed E-state index contributed by atoms with van der Waals surface area (Å²) in [7, 11) is 0. The highest BCUT2D eigenvalue weighted by molar-refractivity contribution is 7.90. The molecule has 2 amide bonds. The molecule has 3 rings (SSSR count). The summed E-state index contributed by atoms with van der Waals surface area (Å²) >= 11 is -1.12. The van der Waals surface area contributed by atoms with Crippen molar-refractivity contribution >= 4 is 22.9 Å². The fourth-order valence-electron chi connectivity index (χ4n) is 3.38. The lowest BCUT2D eigenvalue weighted by Crippen LogP contribution is -2.53. The summed E-state index contributed by atoms with van der Waals surface area (Å²) in [4.78, 5) is 12.0. The third-order valence-electron chi connectivity index (χ3n) is 4.27. The molecule has 2 N–H and O–H groups in total. The van der Waals surface area contributed by atoms with Gasteiger partial charge >= 0.3 is 6.03 Å². The van der Waals surface area contributed by atoms with Crippen molar-refractivity contribution in [1.82, 2.24) is 5.32 Å². The van der Waals surface area contributed by atoms with Crippen LogP contribution in [0.4, 0.5) is 14.9 Å². The van der Waals surface area contributed by atoms with Crippen LogP contribution in [0.1, 0.15) is 37.7 Å². The fourth-order valence-corrected chi connectivity index (χ4v) is 3.67. The van der Waals surface area contributed by atoms with Gasteiger partial charge < -0.3 is 19.9 Å². The first-order chi connectivity index (χ1) is 10.5. The Bertz CT molecular complexity index is 588. The molecule has 1 aliphatic heterocycles. The number of nitrogens with one attached hydrogen (secondary N) is 2. The highest BCUT2D eigenvalue weighted by Gasteiger charge is 2.43. The smallest absolute Gasteiger partial charge is 0.320 e. The van der Waals surface area contributed by atoms with E-state index in [1.807, 2.05) is 0 Å².